The quantitative estimate of drug-likeness (QED) is 0.599. The molecule has 0 radical (unpaired) electrons. The number of rotatable bonds is 1. The van der Waals surface area contributed by atoms with Gasteiger partial charge in [0.15, 0.2) is 0 Å². The molecule has 0 unspecified atom stereocenters. The SMILES string of the molecule is Oc1ccc(S)cc1.c1ccc(-c2ccccc2)cc1. The molecular formula is C18H16OS. The second-order valence-electron chi connectivity index (χ2n) is 4.25. The van der Waals surface area contributed by atoms with E-state index < -0.39 is 0 Å². The fourth-order valence-electron chi connectivity index (χ4n) is 1.71. The topological polar surface area (TPSA) is 20.2 Å². The van der Waals surface area contributed by atoms with Crippen molar-refractivity contribution in [3.05, 3.63) is 84.9 Å². The summed E-state index contributed by atoms with van der Waals surface area (Å²) in [7, 11) is 0. The zero-order chi connectivity index (χ0) is 14.2. The van der Waals surface area contributed by atoms with Crippen molar-refractivity contribution in [2.75, 3.05) is 0 Å². The third kappa shape index (κ3) is 4.48. The summed E-state index contributed by atoms with van der Waals surface area (Å²) in [6.45, 7) is 0. The molecule has 0 saturated heterocycles. The molecule has 0 bridgehead atoms. The van der Waals surface area contributed by atoms with E-state index in [0.29, 0.717) is 0 Å². The van der Waals surface area contributed by atoms with Crippen molar-refractivity contribution in [2.24, 2.45) is 0 Å². The van der Waals surface area contributed by atoms with Gasteiger partial charge in [-0.2, -0.15) is 0 Å². The second-order valence-corrected chi connectivity index (χ2v) is 4.76. The minimum atomic E-state index is 0.280. The lowest BCUT2D eigenvalue weighted by Gasteiger charge is -1.98. The molecule has 3 aromatic rings. The van der Waals surface area contributed by atoms with Gasteiger partial charge in [0.2, 0.25) is 0 Å². The average molecular weight is 280 g/mol. The highest BCUT2D eigenvalue weighted by Crippen LogP contribution is 2.17. The number of phenols is 1. The predicted molar refractivity (Wildman–Crippen MR) is 87.2 cm³/mol. The molecule has 0 atom stereocenters. The molecule has 0 fully saturated rings. The monoisotopic (exact) mass is 280 g/mol. The molecule has 2 heteroatoms. The van der Waals surface area contributed by atoms with Crippen molar-refractivity contribution < 1.29 is 5.11 Å². The van der Waals surface area contributed by atoms with E-state index in [1.807, 2.05) is 12.1 Å². The Labute approximate surface area is 125 Å². The maximum Gasteiger partial charge on any atom is 0.115 e. The molecule has 3 aromatic carbocycles. The summed E-state index contributed by atoms with van der Waals surface area (Å²) < 4.78 is 0. The first-order valence-electron chi connectivity index (χ1n) is 6.34. The van der Waals surface area contributed by atoms with E-state index in [2.05, 4.69) is 61.2 Å². The van der Waals surface area contributed by atoms with Crippen LogP contribution in [0.15, 0.2) is 89.8 Å². The molecule has 0 aliphatic carbocycles. The van der Waals surface area contributed by atoms with Crippen molar-refractivity contribution in [1.82, 2.24) is 0 Å². The molecule has 3 rings (SSSR count). The number of phenolic OH excluding ortho intramolecular Hbond substituents is 1. The smallest absolute Gasteiger partial charge is 0.115 e. The van der Waals surface area contributed by atoms with Crippen molar-refractivity contribution in [3.63, 3.8) is 0 Å². The number of benzene rings is 3. The molecular weight excluding hydrogens is 264 g/mol. The Balaban J connectivity index is 0.000000160. The average Bonchev–Trinajstić information content (AvgIpc) is 2.53. The van der Waals surface area contributed by atoms with Crippen LogP contribution >= 0.6 is 12.6 Å². The Kier molecular flexibility index (Phi) is 5.27. The van der Waals surface area contributed by atoms with Gasteiger partial charge < -0.3 is 5.11 Å². The minimum Gasteiger partial charge on any atom is -0.508 e. The van der Waals surface area contributed by atoms with Gasteiger partial charge >= 0.3 is 0 Å². The third-order valence-electron chi connectivity index (χ3n) is 2.73. The summed E-state index contributed by atoms with van der Waals surface area (Å²) in [6.07, 6.45) is 0. The van der Waals surface area contributed by atoms with Crippen LogP contribution < -0.4 is 0 Å². The number of hydrogen-bond donors (Lipinski definition) is 2. The van der Waals surface area contributed by atoms with Crippen LogP contribution in [0.25, 0.3) is 11.1 Å². The summed E-state index contributed by atoms with van der Waals surface area (Å²) >= 11 is 4.02. The highest BCUT2D eigenvalue weighted by Gasteiger charge is 1.91. The van der Waals surface area contributed by atoms with E-state index in [4.69, 9.17) is 5.11 Å². The summed E-state index contributed by atoms with van der Waals surface area (Å²) in [5, 5.41) is 8.72. The Morgan fingerprint density at radius 2 is 0.950 bits per heavy atom. The van der Waals surface area contributed by atoms with Crippen molar-refractivity contribution in [2.45, 2.75) is 4.90 Å². The molecule has 0 aromatic heterocycles. The number of thiol groups is 1. The van der Waals surface area contributed by atoms with Crippen LogP contribution in [0.2, 0.25) is 0 Å². The molecule has 0 saturated carbocycles. The molecule has 20 heavy (non-hydrogen) atoms. The minimum absolute atomic E-state index is 0.280. The van der Waals surface area contributed by atoms with E-state index in [-0.39, 0.29) is 5.75 Å². The van der Waals surface area contributed by atoms with Crippen molar-refractivity contribution >= 4 is 12.6 Å². The van der Waals surface area contributed by atoms with E-state index in [0.717, 1.165) is 4.90 Å². The predicted octanol–water partition coefficient (Wildman–Crippen LogP) is 5.03. The fourth-order valence-corrected chi connectivity index (χ4v) is 1.86. The molecule has 1 N–H and O–H groups in total. The Hall–Kier alpha value is -2.19. The largest absolute Gasteiger partial charge is 0.508 e. The molecule has 1 nitrogen and oxygen atoms in total. The number of aromatic hydroxyl groups is 1. The summed E-state index contributed by atoms with van der Waals surface area (Å²) in [4.78, 5) is 0.864. The van der Waals surface area contributed by atoms with Gasteiger partial charge in [0.25, 0.3) is 0 Å². The van der Waals surface area contributed by atoms with E-state index in [1.165, 1.54) is 11.1 Å². The zero-order valence-electron chi connectivity index (χ0n) is 11.0. The first-order valence-corrected chi connectivity index (χ1v) is 6.79. The van der Waals surface area contributed by atoms with Gasteiger partial charge in [0.05, 0.1) is 0 Å². The summed E-state index contributed by atoms with van der Waals surface area (Å²) in [5.41, 5.74) is 2.55. The van der Waals surface area contributed by atoms with Gasteiger partial charge in [-0.15, -0.1) is 12.6 Å². The van der Waals surface area contributed by atoms with Gasteiger partial charge in [-0.1, -0.05) is 60.7 Å². The van der Waals surface area contributed by atoms with Crippen LogP contribution in [0.3, 0.4) is 0 Å². The maximum atomic E-state index is 8.72. The van der Waals surface area contributed by atoms with Gasteiger partial charge in [0, 0.05) is 4.90 Å². The lowest BCUT2D eigenvalue weighted by atomic mass is 10.1. The Morgan fingerprint density at radius 3 is 1.30 bits per heavy atom. The van der Waals surface area contributed by atoms with Crippen LogP contribution in [0.1, 0.15) is 0 Å². The van der Waals surface area contributed by atoms with Crippen molar-refractivity contribution in [1.29, 1.82) is 0 Å². The molecule has 100 valence electrons. The van der Waals surface area contributed by atoms with Gasteiger partial charge in [-0.3, -0.25) is 0 Å². The van der Waals surface area contributed by atoms with Crippen LogP contribution in [0.5, 0.6) is 5.75 Å². The normalized spacial score (nSPS) is 9.45. The number of hydrogen-bond acceptors (Lipinski definition) is 2. The van der Waals surface area contributed by atoms with Gasteiger partial charge in [0.1, 0.15) is 5.75 Å². The lowest BCUT2D eigenvalue weighted by molar-refractivity contribution is 0.475. The highest BCUT2D eigenvalue weighted by molar-refractivity contribution is 7.80. The third-order valence-corrected chi connectivity index (χ3v) is 3.03. The second kappa shape index (κ2) is 7.41. The summed E-state index contributed by atoms with van der Waals surface area (Å²) in [5.74, 6) is 0.280. The van der Waals surface area contributed by atoms with Crippen molar-refractivity contribution in [3.8, 4) is 16.9 Å². The van der Waals surface area contributed by atoms with Crippen LogP contribution in [0, 0.1) is 0 Å². The fraction of sp³-hybridized carbons (Fsp3) is 0. The zero-order valence-corrected chi connectivity index (χ0v) is 11.9. The van der Waals surface area contributed by atoms with Gasteiger partial charge in [-0.05, 0) is 35.4 Å². The Bertz CT molecular complexity index is 560. The van der Waals surface area contributed by atoms with E-state index in [9.17, 15) is 0 Å². The van der Waals surface area contributed by atoms with E-state index >= 15 is 0 Å². The van der Waals surface area contributed by atoms with Gasteiger partial charge in [-0.25, -0.2) is 0 Å². The van der Waals surface area contributed by atoms with Crippen LogP contribution in [-0.2, 0) is 0 Å². The lowest BCUT2D eigenvalue weighted by Crippen LogP contribution is -1.73. The standard InChI is InChI=1S/C12H10.C6H6OS/c1-3-7-11(8-4-1)12-9-5-2-6-10-12;7-5-1-3-6(8)4-2-5/h1-10H;1-4,7-8H. The molecule has 0 spiro atoms. The van der Waals surface area contributed by atoms with Crippen LogP contribution in [-0.4, -0.2) is 5.11 Å². The molecule has 0 aliphatic heterocycles. The molecule has 0 heterocycles. The first kappa shape index (κ1) is 14.2. The summed E-state index contributed by atoms with van der Waals surface area (Å²) in [6, 6.07) is 27.4. The van der Waals surface area contributed by atoms with E-state index in [1.54, 1.807) is 24.3 Å². The highest BCUT2D eigenvalue weighted by atomic mass is 32.1. The maximum absolute atomic E-state index is 8.72. The molecule has 0 aliphatic rings. The Morgan fingerprint density at radius 1 is 0.550 bits per heavy atom. The molecule has 0 amide bonds. The first-order chi connectivity index (χ1) is 9.75. The van der Waals surface area contributed by atoms with Crippen LogP contribution in [0.4, 0.5) is 0 Å².